The van der Waals surface area contributed by atoms with Crippen LogP contribution in [0.5, 0.6) is 0 Å². The molecule has 4 heteroatoms. The molecule has 4 nitrogen and oxygen atoms in total. The molecule has 0 spiro atoms. The molecule has 2 N–H and O–H groups in total. The Morgan fingerprint density at radius 2 is 0.667 bits per heavy atom. The summed E-state index contributed by atoms with van der Waals surface area (Å²) in [5.74, 6) is 0. The predicted octanol–water partition coefficient (Wildman–Crippen LogP) is 10.7. The molecule has 0 amide bonds. The summed E-state index contributed by atoms with van der Waals surface area (Å²) in [7, 11) is 2.09. The van der Waals surface area contributed by atoms with Crippen molar-refractivity contribution < 1.29 is 0 Å². The number of hydrogen-bond acceptors (Lipinski definition) is 4. The van der Waals surface area contributed by atoms with Crippen LogP contribution in [-0.2, 0) is 0 Å². The molecule has 206 valence electrons. The van der Waals surface area contributed by atoms with Crippen LogP contribution in [0, 0.1) is 6.92 Å². The monoisotopic (exact) mass is 546 g/mol. The van der Waals surface area contributed by atoms with Crippen LogP contribution in [-0.4, -0.2) is 7.05 Å². The predicted molar refractivity (Wildman–Crippen MR) is 180 cm³/mol. The maximum Gasteiger partial charge on any atom is 0.0463 e. The molecule has 42 heavy (non-hydrogen) atoms. The molecule has 0 saturated carbocycles. The van der Waals surface area contributed by atoms with E-state index in [0.717, 1.165) is 51.2 Å². The molecule has 6 aromatic rings. The van der Waals surface area contributed by atoms with Crippen molar-refractivity contribution in [3.8, 4) is 0 Å². The molecule has 0 radical (unpaired) electrons. The zero-order valence-electron chi connectivity index (χ0n) is 23.9. The summed E-state index contributed by atoms with van der Waals surface area (Å²) in [5.41, 5.74) is 11.1. The van der Waals surface area contributed by atoms with E-state index in [1.165, 1.54) is 5.56 Å². The SMILES string of the molecule is Cc1ccc(Nc2ccc(N(C)c3ccc(Nc4ccc(N(c5ccccc5)c5ccccc5)cc4)cc3)cc2)cc1. The Kier molecular flexibility index (Phi) is 7.87. The van der Waals surface area contributed by atoms with Crippen molar-refractivity contribution >= 4 is 51.2 Å². The van der Waals surface area contributed by atoms with Crippen molar-refractivity contribution in [1.29, 1.82) is 0 Å². The van der Waals surface area contributed by atoms with Gasteiger partial charge in [-0.15, -0.1) is 0 Å². The lowest BCUT2D eigenvalue weighted by Crippen LogP contribution is -2.09. The zero-order chi connectivity index (χ0) is 28.7. The van der Waals surface area contributed by atoms with Gasteiger partial charge in [-0.3, -0.25) is 0 Å². The van der Waals surface area contributed by atoms with Crippen molar-refractivity contribution in [2.24, 2.45) is 0 Å². The number of hydrogen-bond donors (Lipinski definition) is 2. The second-order valence-corrected chi connectivity index (χ2v) is 10.3. The fourth-order valence-electron chi connectivity index (χ4n) is 4.95. The summed E-state index contributed by atoms with van der Waals surface area (Å²) in [5, 5.41) is 7.01. The van der Waals surface area contributed by atoms with E-state index in [1.54, 1.807) is 0 Å². The lowest BCUT2D eigenvalue weighted by Gasteiger charge is -2.25. The van der Waals surface area contributed by atoms with Gasteiger partial charge in [-0.25, -0.2) is 0 Å². The third kappa shape index (κ3) is 6.29. The van der Waals surface area contributed by atoms with E-state index in [9.17, 15) is 0 Å². The Morgan fingerprint density at radius 1 is 0.357 bits per heavy atom. The normalized spacial score (nSPS) is 10.6. The van der Waals surface area contributed by atoms with Gasteiger partial charge >= 0.3 is 0 Å². The Labute approximate surface area is 248 Å². The highest BCUT2D eigenvalue weighted by Crippen LogP contribution is 2.35. The Hall–Kier alpha value is -5.48. The summed E-state index contributed by atoms with van der Waals surface area (Å²) in [6.07, 6.45) is 0. The Balaban J connectivity index is 1.12. The number of aryl methyl sites for hydroxylation is 1. The molecular formula is C38H34N4. The second kappa shape index (κ2) is 12.4. The van der Waals surface area contributed by atoms with Crippen LogP contribution in [0.1, 0.15) is 5.56 Å². The van der Waals surface area contributed by atoms with Crippen molar-refractivity contribution in [3.63, 3.8) is 0 Å². The van der Waals surface area contributed by atoms with Gasteiger partial charge in [-0.05, 0) is 116 Å². The number of anilines is 9. The largest absolute Gasteiger partial charge is 0.356 e. The van der Waals surface area contributed by atoms with Gasteiger partial charge in [0.2, 0.25) is 0 Å². The third-order valence-electron chi connectivity index (χ3n) is 7.29. The fourth-order valence-corrected chi connectivity index (χ4v) is 4.95. The van der Waals surface area contributed by atoms with Gasteiger partial charge in [0.15, 0.2) is 0 Å². The highest BCUT2D eigenvalue weighted by molar-refractivity contribution is 5.78. The topological polar surface area (TPSA) is 30.5 Å². The number of rotatable bonds is 9. The highest BCUT2D eigenvalue weighted by atomic mass is 15.1. The lowest BCUT2D eigenvalue weighted by atomic mass is 10.1. The van der Waals surface area contributed by atoms with E-state index in [1.807, 2.05) is 12.1 Å². The van der Waals surface area contributed by atoms with Crippen LogP contribution in [0.2, 0.25) is 0 Å². The summed E-state index contributed by atoms with van der Waals surface area (Å²) in [6, 6.07) is 54.9. The minimum atomic E-state index is 1.04. The van der Waals surface area contributed by atoms with Crippen molar-refractivity contribution in [2.75, 3.05) is 27.5 Å². The quantitative estimate of drug-likeness (QED) is 0.189. The molecule has 0 aliphatic rings. The van der Waals surface area contributed by atoms with E-state index in [4.69, 9.17) is 0 Å². The molecule has 0 aliphatic heterocycles. The summed E-state index contributed by atoms with van der Waals surface area (Å²) < 4.78 is 0. The van der Waals surface area contributed by atoms with Gasteiger partial charge in [0.1, 0.15) is 0 Å². The van der Waals surface area contributed by atoms with Crippen LogP contribution in [0.4, 0.5) is 51.2 Å². The summed E-state index contributed by atoms with van der Waals surface area (Å²) >= 11 is 0. The Morgan fingerprint density at radius 3 is 1.05 bits per heavy atom. The van der Waals surface area contributed by atoms with Gasteiger partial charge in [0, 0.05) is 58.2 Å². The lowest BCUT2D eigenvalue weighted by molar-refractivity contribution is 1.21. The molecule has 6 aromatic carbocycles. The number of nitrogens with zero attached hydrogens (tertiary/aromatic N) is 2. The van der Waals surface area contributed by atoms with Gasteiger partial charge in [-0.1, -0.05) is 54.1 Å². The summed E-state index contributed by atoms with van der Waals surface area (Å²) in [4.78, 5) is 4.45. The minimum Gasteiger partial charge on any atom is -0.356 e. The number of nitrogens with one attached hydrogen (secondary N) is 2. The van der Waals surface area contributed by atoms with Gasteiger partial charge in [0.05, 0.1) is 0 Å². The fraction of sp³-hybridized carbons (Fsp3) is 0.0526. The molecule has 0 aliphatic carbocycles. The van der Waals surface area contributed by atoms with E-state index < -0.39 is 0 Å². The van der Waals surface area contributed by atoms with Crippen LogP contribution in [0.25, 0.3) is 0 Å². The first-order valence-corrected chi connectivity index (χ1v) is 14.2. The van der Waals surface area contributed by atoms with Gasteiger partial charge in [-0.2, -0.15) is 0 Å². The average molecular weight is 547 g/mol. The molecule has 0 saturated heterocycles. The molecular weight excluding hydrogens is 512 g/mol. The maximum atomic E-state index is 3.54. The minimum absolute atomic E-state index is 1.04. The van der Waals surface area contributed by atoms with Crippen LogP contribution in [0.3, 0.4) is 0 Å². The van der Waals surface area contributed by atoms with Crippen molar-refractivity contribution in [2.45, 2.75) is 6.92 Å². The van der Waals surface area contributed by atoms with E-state index in [2.05, 4.69) is 180 Å². The molecule has 0 atom stereocenters. The molecule has 6 rings (SSSR count). The first-order chi connectivity index (χ1) is 20.6. The van der Waals surface area contributed by atoms with Gasteiger partial charge < -0.3 is 20.4 Å². The maximum absolute atomic E-state index is 3.54. The summed E-state index contributed by atoms with van der Waals surface area (Å²) in [6.45, 7) is 2.10. The molecule has 0 heterocycles. The standard InChI is InChI=1S/C38H34N4/c1-29-13-15-30(16-14-29)39-31-17-23-34(24-18-31)41(2)35-25-19-32(20-26-35)40-33-21-27-38(28-22-33)42(36-9-5-3-6-10-36)37-11-7-4-8-12-37/h3-28,39-40H,1-2H3. The zero-order valence-corrected chi connectivity index (χ0v) is 23.9. The highest BCUT2D eigenvalue weighted by Gasteiger charge is 2.12. The number of para-hydroxylation sites is 2. The van der Waals surface area contributed by atoms with E-state index >= 15 is 0 Å². The molecule has 0 aromatic heterocycles. The first kappa shape index (κ1) is 26.7. The second-order valence-electron chi connectivity index (χ2n) is 10.3. The third-order valence-corrected chi connectivity index (χ3v) is 7.29. The Bertz CT molecular complexity index is 1660. The number of benzene rings is 6. The molecule has 0 unspecified atom stereocenters. The van der Waals surface area contributed by atoms with Crippen molar-refractivity contribution in [1.82, 2.24) is 0 Å². The first-order valence-electron chi connectivity index (χ1n) is 14.2. The molecule has 0 fully saturated rings. The van der Waals surface area contributed by atoms with Gasteiger partial charge in [0.25, 0.3) is 0 Å². The van der Waals surface area contributed by atoms with Crippen molar-refractivity contribution in [3.05, 3.63) is 163 Å². The van der Waals surface area contributed by atoms with Crippen LogP contribution >= 0.6 is 0 Å². The average Bonchev–Trinajstić information content (AvgIpc) is 3.05. The molecule has 0 bridgehead atoms. The van der Waals surface area contributed by atoms with Crippen LogP contribution < -0.4 is 20.4 Å². The van der Waals surface area contributed by atoms with Crippen LogP contribution in [0.15, 0.2) is 158 Å². The van der Waals surface area contributed by atoms with E-state index in [0.29, 0.717) is 0 Å². The van der Waals surface area contributed by atoms with E-state index in [-0.39, 0.29) is 0 Å². The smallest absolute Gasteiger partial charge is 0.0463 e.